The highest BCUT2D eigenvalue weighted by Gasteiger charge is 2.42. The number of carbonyl (C=O) groups excluding carboxylic acids is 1. The van der Waals surface area contributed by atoms with Gasteiger partial charge in [0.1, 0.15) is 0 Å². The van der Waals surface area contributed by atoms with Gasteiger partial charge in [-0.05, 0) is 62.4 Å². The summed E-state index contributed by atoms with van der Waals surface area (Å²) in [6.07, 6.45) is 10.5. The van der Waals surface area contributed by atoms with Crippen LogP contribution in [0.15, 0.2) is 42.6 Å². The second-order valence-electron chi connectivity index (χ2n) is 9.91. The summed E-state index contributed by atoms with van der Waals surface area (Å²) < 4.78 is 0. The lowest BCUT2D eigenvalue weighted by atomic mass is 9.73. The van der Waals surface area contributed by atoms with Crippen molar-refractivity contribution in [1.29, 1.82) is 0 Å². The Balaban J connectivity index is 1.30. The van der Waals surface area contributed by atoms with Gasteiger partial charge >= 0.3 is 0 Å². The minimum absolute atomic E-state index is 0.00392. The monoisotopic (exact) mass is 441 g/mol. The molecule has 170 valence electrons. The minimum atomic E-state index is -0.0163. The molecule has 0 radical (unpaired) electrons. The van der Waals surface area contributed by atoms with E-state index in [9.17, 15) is 4.79 Å². The van der Waals surface area contributed by atoms with Gasteiger partial charge in [-0.25, -0.2) is 9.97 Å². The van der Waals surface area contributed by atoms with Crippen molar-refractivity contribution in [3.05, 3.63) is 59.4 Å². The fourth-order valence-electron chi connectivity index (χ4n) is 5.94. The average molecular weight is 442 g/mol. The van der Waals surface area contributed by atoms with Crippen molar-refractivity contribution in [3.8, 4) is 22.8 Å². The molecule has 1 aromatic carbocycles. The first-order chi connectivity index (χ1) is 16.2. The van der Waals surface area contributed by atoms with Crippen molar-refractivity contribution < 1.29 is 4.79 Å². The summed E-state index contributed by atoms with van der Waals surface area (Å²) in [7, 11) is 0. The number of amides is 1. The molecule has 3 aliphatic rings. The topological polar surface area (TPSA) is 82.7 Å². The molecule has 3 aromatic rings. The molecule has 1 spiro atoms. The van der Waals surface area contributed by atoms with Crippen molar-refractivity contribution in [2.24, 2.45) is 0 Å². The molecule has 6 rings (SSSR count). The van der Waals surface area contributed by atoms with Gasteiger partial charge in [0.2, 0.25) is 0 Å². The van der Waals surface area contributed by atoms with E-state index in [0.29, 0.717) is 12.5 Å². The van der Waals surface area contributed by atoms with Crippen molar-refractivity contribution in [2.75, 3.05) is 19.6 Å². The third-order valence-electron chi connectivity index (χ3n) is 7.92. The number of carbonyl (C=O) groups is 1. The molecule has 2 fully saturated rings. The summed E-state index contributed by atoms with van der Waals surface area (Å²) in [4.78, 5) is 25.6. The predicted molar refractivity (Wildman–Crippen MR) is 129 cm³/mol. The zero-order valence-corrected chi connectivity index (χ0v) is 19.0. The van der Waals surface area contributed by atoms with Gasteiger partial charge in [-0.3, -0.25) is 4.79 Å². The zero-order valence-electron chi connectivity index (χ0n) is 19.0. The average Bonchev–Trinajstić information content (AvgIpc) is 3.36. The van der Waals surface area contributed by atoms with Gasteiger partial charge in [0, 0.05) is 29.4 Å². The Kier molecular flexibility index (Phi) is 5.25. The number of piperidine rings is 1. The van der Waals surface area contributed by atoms with E-state index in [1.54, 1.807) is 0 Å². The fraction of sp³-hybridized carbons (Fsp3) is 0.444. The maximum absolute atomic E-state index is 12.6. The molecule has 1 saturated heterocycles. The minimum Gasteiger partial charge on any atom is -0.356 e. The molecule has 2 aromatic heterocycles. The van der Waals surface area contributed by atoms with Crippen LogP contribution >= 0.6 is 0 Å². The number of fused-ring (bicyclic) bond motifs is 2. The molecule has 0 atom stereocenters. The Hall–Kier alpha value is -2.99. The molecule has 6 nitrogen and oxygen atoms in total. The molecular formula is C27H31N5O. The van der Waals surface area contributed by atoms with Gasteiger partial charge in [0.05, 0.1) is 17.0 Å². The van der Waals surface area contributed by atoms with Gasteiger partial charge in [0.25, 0.3) is 5.91 Å². The molecule has 1 aliphatic carbocycles. The second kappa shape index (κ2) is 8.41. The molecule has 33 heavy (non-hydrogen) atoms. The lowest BCUT2D eigenvalue weighted by Gasteiger charge is -2.40. The van der Waals surface area contributed by atoms with Crippen LogP contribution in [0.25, 0.3) is 22.8 Å². The van der Waals surface area contributed by atoms with Crippen LogP contribution in [0.1, 0.15) is 72.5 Å². The summed E-state index contributed by atoms with van der Waals surface area (Å²) in [5, 5.41) is 6.55. The Morgan fingerprint density at radius 1 is 0.970 bits per heavy atom. The Morgan fingerprint density at radius 3 is 2.55 bits per heavy atom. The predicted octanol–water partition coefficient (Wildman–Crippen LogP) is 4.55. The number of nitrogens with one attached hydrogen (secondary N) is 3. The molecule has 1 saturated carbocycles. The highest BCUT2D eigenvalue weighted by Crippen LogP contribution is 2.39. The van der Waals surface area contributed by atoms with Crippen LogP contribution in [-0.2, 0) is 5.41 Å². The fourth-order valence-corrected chi connectivity index (χ4v) is 5.94. The number of hydrogen-bond acceptors (Lipinski definition) is 4. The first kappa shape index (κ1) is 20.6. The van der Waals surface area contributed by atoms with E-state index in [-0.39, 0.29) is 11.3 Å². The normalized spacial score (nSPS) is 20.4. The number of rotatable bonds is 3. The van der Waals surface area contributed by atoms with E-state index >= 15 is 0 Å². The van der Waals surface area contributed by atoms with Crippen molar-refractivity contribution >= 4 is 5.91 Å². The third-order valence-corrected chi connectivity index (χ3v) is 7.92. The van der Waals surface area contributed by atoms with E-state index in [1.165, 1.54) is 37.7 Å². The highest BCUT2D eigenvalue weighted by molar-refractivity contribution is 5.98. The van der Waals surface area contributed by atoms with Gasteiger partial charge in [-0.2, -0.15) is 0 Å². The van der Waals surface area contributed by atoms with Crippen LogP contribution in [0.4, 0.5) is 0 Å². The van der Waals surface area contributed by atoms with E-state index in [0.717, 1.165) is 60.0 Å². The molecule has 1 amide bonds. The van der Waals surface area contributed by atoms with Crippen molar-refractivity contribution in [2.45, 2.75) is 56.3 Å². The van der Waals surface area contributed by atoms with Crippen LogP contribution < -0.4 is 10.6 Å². The number of hydrogen-bond donors (Lipinski definition) is 3. The van der Waals surface area contributed by atoms with E-state index < -0.39 is 0 Å². The molecule has 6 heteroatoms. The molecule has 0 bridgehead atoms. The maximum atomic E-state index is 12.6. The first-order valence-electron chi connectivity index (χ1n) is 12.4. The Morgan fingerprint density at radius 2 is 1.76 bits per heavy atom. The van der Waals surface area contributed by atoms with Gasteiger partial charge in [-0.1, -0.05) is 43.5 Å². The summed E-state index contributed by atoms with van der Waals surface area (Å²) in [6.45, 7) is 2.64. The van der Waals surface area contributed by atoms with E-state index in [4.69, 9.17) is 4.98 Å². The molecule has 3 N–H and O–H groups in total. The molecule has 2 aliphatic heterocycles. The second-order valence-corrected chi connectivity index (χ2v) is 9.91. The van der Waals surface area contributed by atoms with Crippen LogP contribution in [0.5, 0.6) is 0 Å². The summed E-state index contributed by atoms with van der Waals surface area (Å²) in [5.74, 6) is 1.42. The van der Waals surface area contributed by atoms with Gasteiger partial charge < -0.3 is 15.6 Å². The molecule has 4 heterocycles. The lowest BCUT2D eigenvalue weighted by molar-refractivity contribution is 0.0913. The SMILES string of the molecule is O=C1NCC2(CCNCC2)c2[nH]c(-c3ccnc(-c4ccc(C5CCCCC5)cc4)n3)cc21. The quantitative estimate of drug-likeness (QED) is 0.557. The van der Waals surface area contributed by atoms with Crippen LogP contribution in [0.2, 0.25) is 0 Å². The lowest BCUT2D eigenvalue weighted by Crippen LogP contribution is -2.51. The standard InChI is InChI=1S/C27H31N5O/c33-26-21-16-23(31-24(21)27(17-30-26)11-14-28-15-12-27)22-10-13-29-25(32-22)20-8-6-19(7-9-20)18-4-2-1-3-5-18/h6-10,13,16,18,28,31H,1-5,11-12,14-15,17H2,(H,30,33). The Labute approximate surface area is 194 Å². The van der Waals surface area contributed by atoms with Crippen LogP contribution in [0, 0.1) is 0 Å². The Bertz CT molecular complexity index is 1150. The number of aromatic nitrogens is 3. The van der Waals surface area contributed by atoms with Gasteiger partial charge in [-0.15, -0.1) is 0 Å². The summed E-state index contributed by atoms with van der Waals surface area (Å²) in [6, 6.07) is 12.7. The zero-order chi connectivity index (χ0) is 22.3. The van der Waals surface area contributed by atoms with E-state index in [1.807, 2.05) is 18.3 Å². The maximum Gasteiger partial charge on any atom is 0.253 e. The number of benzene rings is 1. The van der Waals surface area contributed by atoms with Crippen LogP contribution in [0.3, 0.4) is 0 Å². The highest BCUT2D eigenvalue weighted by atomic mass is 16.1. The number of H-pyrrole nitrogens is 1. The van der Waals surface area contributed by atoms with Crippen LogP contribution in [-0.4, -0.2) is 40.5 Å². The number of nitrogens with zero attached hydrogens (tertiary/aromatic N) is 2. The van der Waals surface area contributed by atoms with E-state index in [2.05, 4.69) is 44.9 Å². The molecule has 0 unspecified atom stereocenters. The van der Waals surface area contributed by atoms with Crippen molar-refractivity contribution in [3.63, 3.8) is 0 Å². The summed E-state index contributed by atoms with van der Waals surface area (Å²) in [5.41, 5.74) is 5.98. The summed E-state index contributed by atoms with van der Waals surface area (Å²) >= 11 is 0. The smallest absolute Gasteiger partial charge is 0.253 e. The van der Waals surface area contributed by atoms with Crippen molar-refractivity contribution in [1.82, 2.24) is 25.6 Å². The largest absolute Gasteiger partial charge is 0.356 e. The number of aromatic amines is 1. The third kappa shape index (κ3) is 3.76. The molecular weight excluding hydrogens is 410 g/mol. The first-order valence-corrected chi connectivity index (χ1v) is 12.4. The van der Waals surface area contributed by atoms with Gasteiger partial charge in [0.15, 0.2) is 5.82 Å².